The van der Waals surface area contributed by atoms with Crippen molar-refractivity contribution in [1.82, 2.24) is 0 Å². The van der Waals surface area contributed by atoms with Gasteiger partial charge < -0.3 is 9.47 Å². The molecule has 0 aliphatic rings. The van der Waals surface area contributed by atoms with Crippen LogP contribution < -0.4 is 4.74 Å². The summed E-state index contributed by atoms with van der Waals surface area (Å²) in [5.74, 6) is 0.606. The van der Waals surface area contributed by atoms with E-state index in [0.29, 0.717) is 18.8 Å². The minimum absolute atomic E-state index is 0.160. The average molecular weight is 316 g/mol. The number of hydrogen-bond acceptors (Lipinski definition) is 2. The summed E-state index contributed by atoms with van der Waals surface area (Å²) < 4.78 is 24.8. The first kappa shape index (κ1) is 17.5. The molecule has 0 N–H and O–H groups in total. The van der Waals surface area contributed by atoms with Crippen LogP contribution in [0.2, 0.25) is 0 Å². The number of methoxy groups -OCH3 is 1. The standard InChI is InChI=1S/C20H25FO2/c1-3-4-5-6-16-7-12-19(20(21)15-16)17-8-10-18(11-9-17)23-14-13-22-2/h7-12,15H,3-6,13-14H2,1-2H3. The first-order valence-electron chi connectivity index (χ1n) is 8.25. The van der Waals surface area contributed by atoms with Crippen LogP contribution in [0.25, 0.3) is 11.1 Å². The van der Waals surface area contributed by atoms with Crippen molar-refractivity contribution < 1.29 is 13.9 Å². The van der Waals surface area contributed by atoms with Crippen LogP contribution in [-0.2, 0) is 11.2 Å². The van der Waals surface area contributed by atoms with Gasteiger partial charge in [-0.3, -0.25) is 0 Å². The van der Waals surface area contributed by atoms with E-state index in [4.69, 9.17) is 9.47 Å². The highest BCUT2D eigenvalue weighted by atomic mass is 19.1. The highest BCUT2D eigenvalue weighted by Crippen LogP contribution is 2.26. The van der Waals surface area contributed by atoms with E-state index < -0.39 is 0 Å². The van der Waals surface area contributed by atoms with Gasteiger partial charge in [-0.25, -0.2) is 4.39 Å². The SMILES string of the molecule is CCCCCc1ccc(-c2ccc(OCCOC)cc2)c(F)c1. The molecule has 0 fully saturated rings. The Balaban J connectivity index is 2.03. The lowest BCUT2D eigenvalue weighted by atomic mass is 10.0. The van der Waals surface area contributed by atoms with Crippen molar-refractivity contribution in [3.05, 3.63) is 53.8 Å². The van der Waals surface area contributed by atoms with E-state index in [1.165, 1.54) is 12.8 Å². The first-order valence-corrected chi connectivity index (χ1v) is 8.25. The summed E-state index contributed by atoms with van der Waals surface area (Å²) in [6.45, 7) is 3.23. The van der Waals surface area contributed by atoms with Gasteiger partial charge in [0.15, 0.2) is 0 Å². The Morgan fingerprint density at radius 2 is 1.74 bits per heavy atom. The molecule has 0 aliphatic heterocycles. The minimum Gasteiger partial charge on any atom is -0.491 e. The third-order valence-corrected chi connectivity index (χ3v) is 3.82. The molecular formula is C20H25FO2. The number of benzene rings is 2. The number of unbranched alkanes of at least 4 members (excludes halogenated alkanes) is 2. The van der Waals surface area contributed by atoms with Gasteiger partial charge in [0.1, 0.15) is 18.2 Å². The molecule has 0 saturated heterocycles. The molecule has 2 nitrogen and oxygen atoms in total. The smallest absolute Gasteiger partial charge is 0.131 e. The van der Waals surface area contributed by atoms with Crippen molar-refractivity contribution in [1.29, 1.82) is 0 Å². The quantitative estimate of drug-likeness (QED) is 0.588. The second kappa shape index (κ2) is 9.31. The third kappa shape index (κ3) is 5.36. The molecule has 2 aromatic rings. The molecule has 0 bridgehead atoms. The normalized spacial score (nSPS) is 10.7. The fourth-order valence-corrected chi connectivity index (χ4v) is 2.50. The molecule has 0 unspecified atom stereocenters. The summed E-state index contributed by atoms with van der Waals surface area (Å²) in [7, 11) is 1.64. The average Bonchev–Trinajstić information content (AvgIpc) is 2.56. The van der Waals surface area contributed by atoms with Crippen LogP contribution >= 0.6 is 0 Å². The zero-order valence-electron chi connectivity index (χ0n) is 14.0. The van der Waals surface area contributed by atoms with Crippen LogP contribution in [0.5, 0.6) is 5.75 Å². The van der Waals surface area contributed by atoms with Crippen molar-refractivity contribution in [2.24, 2.45) is 0 Å². The lowest BCUT2D eigenvalue weighted by molar-refractivity contribution is 0.146. The Kier molecular flexibility index (Phi) is 7.08. The molecule has 124 valence electrons. The molecule has 0 radical (unpaired) electrons. The van der Waals surface area contributed by atoms with Gasteiger partial charge in [0.25, 0.3) is 0 Å². The molecule has 0 saturated carbocycles. The first-order chi connectivity index (χ1) is 11.2. The van der Waals surface area contributed by atoms with Crippen LogP contribution in [0.15, 0.2) is 42.5 Å². The summed E-state index contributed by atoms with van der Waals surface area (Å²) in [4.78, 5) is 0. The van der Waals surface area contributed by atoms with Gasteiger partial charge in [-0.2, -0.15) is 0 Å². The second-order valence-corrected chi connectivity index (χ2v) is 5.64. The molecule has 23 heavy (non-hydrogen) atoms. The van der Waals surface area contributed by atoms with E-state index in [1.54, 1.807) is 13.2 Å². The number of halogens is 1. The Morgan fingerprint density at radius 3 is 2.39 bits per heavy atom. The third-order valence-electron chi connectivity index (χ3n) is 3.82. The maximum atomic E-state index is 14.3. The number of ether oxygens (including phenoxy) is 2. The van der Waals surface area contributed by atoms with Gasteiger partial charge in [0.2, 0.25) is 0 Å². The van der Waals surface area contributed by atoms with Crippen molar-refractivity contribution >= 4 is 0 Å². The Bertz CT molecular complexity index is 593. The summed E-state index contributed by atoms with van der Waals surface area (Å²) >= 11 is 0. The lowest BCUT2D eigenvalue weighted by Gasteiger charge is -2.09. The van der Waals surface area contributed by atoms with E-state index in [-0.39, 0.29) is 5.82 Å². The van der Waals surface area contributed by atoms with Crippen LogP contribution in [0.4, 0.5) is 4.39 Å². The van der Waals surface area contributed by atoms with Gasteiger partial charge >= 0.3 is 0 Å². The number of rotatable bonds is 9. The number of hydrogen-bond donors (Lipinski definition) is 0. The van der Waals surface area contributed by atoms with Crippen molar-refractivity contribution in [2.45, 2.75) is 32.6 Å². The molecule has 0 atom stereocenters. The summed E-state index contributed by atoms with van der Waals surface area (Å²) in [5.41, 5.74) is 2.56. The van der Waals surface area contributed by atoms with Crippen molar-refractivity contribution in [3.63, 3.8) is 0 Å². The van der Waals surface area contributed by atoms with E-state index >= 15 is 0 Å². The predicted molar refractivity (Wildman–Crippen MR) is 92.4 cm³/mol. The molecule has 0 spiro atoms. The van der Waals surface area contributed by atoms with Crippen molar-refractivity contribution in [2.75, 3.05) is 20.3 Å². The molecule has 2 aromatic carbocycles. The molecule has 2 rings (SSSR count). The fraction of sp³-hybridized carbons (Fsp3) is 0.400. The van der Waals surface area contributed by atoms with Gasteiger partial charge in [-0.15, -0.1) is 0 Å². The number of aryl methyl sites for hydroxylation is 1. The topological polar surface area (TPSA) is 18.5 Å². The molecular weight excluding hydrogens is 291 g/mol. The molecule has 0 heterocycles. The van der Waals surface area contributed by atoms with Gasteiger partial charge in [0, 0.05) is 12.7 Å². The summed E-state index contributed by atoms with van der Waals surface area (Å²) in [6, 6.07) is 13.1. The van der Waals surface area contributed by atoms with Gasteiger partial charge in [-0.1, -0.05) is 44.0 Å². The Hall–Kier alpha value is -1.87. The largest absolute Gasteiger partial charge is 0.491 e. The van der Waals surface area contributed by atoms with Crippen LogP contribution in [0, 0.1) is 5.82 Å². The predicted octanol–water partition coefficient (Wildman–Crippen LogP) is 5.25. The van der Waals surface area contributed by atoms with E-state index in [1.807, 2.05) is 36.4 Å². The Labute approximate surface area is 138 Å². The lowest BCUT2D eigenvalue weighted by Crippen LogP contribution is -2.03. The van der Waals surface area contributed by atoms with E-state index in [9.17, 15) is 4.39 Å². The molecule has 0 aliphatic carbocycles. The summed E-state index contributed by atoms with van der Waals surface area (Å²) in [6.07, 6.45) is 4.42. The Morgan fingerprint density at radius 1 is 0.957 bits per heavy atom. The monoisotopic (exact) mass is 316 g/mol. The van der Waals surface area contributed by atoms with Crippen LogP contribution in [0.3, 0.4) is 0 Å². The second-order valence-electron chi connectivity index (χ2n) is 5.64. The summed E-state index contributed by atoms with van der Waals surface area (Å²) in [5, 5.41) is 0. The minimum atomic E-state index is -0.160. The highest BCUT2D eigenvalue weighted by Gasteiger charge is 2.07. The zero-order chi connectivity index (χ0) is 16.5. The molecule has 3 heteroatoms. The zero-order valence-corrected chi connectivity index (χ0v) is 14.0. The molecule has 0 aromatic heterocycles. The van der Waals surface area contributed by atoms with Crippen LogP contribution in [-0.4, -0.2) is 20.3 Å². The molecule has 0 amide bonds. The van der Waals surface area contributed by atoms with Gasteiger partial charge in [-0.05, 0) is 42.2 Å². The maximum Gasteiger partial charge on any atom is 0.131 e. The van der Waals surface area contributed by atoms with E-state index in [0.717, 1.165) is 29.7 Å². The maximum absolute atomic E-state index is 14.3. The van der Waals surface area contributed by atoms with Crippen molar-refractivity contribution in [3.8, 4) is 16.9 Å². The van der Waals surface area contributed by atoms with E-state index in [2.05, 4.69) is 6.92 Å². The van der Waals surface area contributed by atoms with Crippen LogP contribution in [0.1, 0.15) is 31.7 Å². The fourth-order valence-electron chi connectivity index (χ4n) is 2.50. The highest BCUT2D eigenvalue weighted by molar-refractivity contribution is 5.65. The van der Waals surface area contributed by atoms with Gasteiger partial charge in [0.05, 0.1) is 6.61 Å².